The van der Waals surface area contributed by atoms with Crippen LogP contribution in [0.3, 0.4) is 0 Å². The number of fused-ring (bicyclic) bond motifs is 2. The smallest absolute Gasteiger partial charge is 0.328 e. The summed E-state index contributed by atoms with van der Waals surface area (Å²) in [6.45, 7) is 4.88. The van der Waals surface area contributed by atoms with E-state index in [0.717, 1.165) is 52.8 Å². The van der Waals surface area contributed by atoms with E-state index >= 15 is 0 Å². The van der Waals surface area contributed by atoms with Crippen molar-refractivity contribution in [2.45, 2.75) is 82.9 Å². The number of para-hydroxylation sites is 1. The summed E-state index contributed by atoms with van der Waals surface area (Å²) in [5.41, 5.74) is 4.20. The number of aromatic amines is 2. The Morgan fingerprint density at radius 1 is 0.575 bits per heavy atom. The number of ketones is 1. The third-order valence-corrected chi connectivity index (χ3v) is 15.0. The third-order valence-electron chi connectivity index (χ3n) is 15.0. The van der Waals surface area contributed by atoms with E-state index in [9.17, 15) is 43.2 Å². The fraction of sp³-hybridized carbons (Fsp3) is 0.243. The van der Waals surface area contributed by atoms with Gasteiger partial charge in [0.2, 0.25) is 23.6 Å². The molecule has 2 aromatic heterocycles. The van der Waals surface area contributed by atoms with Crippen LogP contribution in [0.4, 0.5) is 0 Å². The molecule has 5 N–H and O–H groups in total. The average Bonchev–Trinajstić information content (AvgIpc) is 1.26. The molecule has 0 radical (unpaired) electrons. The molecule has 446 valence electrons. The minimum Gasteiger partial charge on any atom is -0.485 e. The highest BCUT2D eigenvalue weighted by molar-refractivity contribution is 6.05. The van der Waals surface area contributed by atoms with E-state index in [-0.39, 0.29) is 76.0 Å². The molecule has 7 aromatic rings. The molecule has 0 saturated carbocycles. The molecule has 1 aliphatic carbocycles. The Bertz CT molecular complexity index is 3820. The van der Waals surface area contributed by atoms with Gasteiger partial charge in [-0.2, -0.15) is 0 Å². The lowest BCUT2D eigenvalue weighted by Crippen LogP contribution is -2.42. The minimum atomic E-state index is -0.456. The topological polar surface area (TPSA) is 240 Å². The Labute approximate surface area is 504 Å². The first-order valence-electron chi connectivity index (χ1n) is 29.1. The van der Waals surface area contributed by atoms with Crippen LogP contribution in [-0.2, 0) is 37.1 Å². The maximum atomic E-state index is 13.0. The van der Waals surface area contributed by atoms with E-state index in [0.29, 0.717) is 50.1 Å². The lowest BCUT2D eigenvalue weighted by Gasteiger charge is -2.37. The Hall–Kier alpha value is -10.3. The van der Waals surface area contributed by atoms with E-state index in [1.54, 1.807) is 38.3 Å². The van der Waals surface area contributed by atoms with Crippen molar-refractivity contribution in [3.05, 3.63) is 299 Å². The second-order valence-corrected chi connectivity index (χ2v) is 21.2. The first-order valence-corrected chi connectivity index (χ1v) is 29.1. The van der Waals surface area contributed by atoms with E-state index in [4.69, 9.17) is 4.74 Å². The number of Topliss-reactive ketones (excluding diaryl/α,β-unsaturated/α-hetero) is 1. The van der Waals surface area contributed by atoms with E-state index < -0.39 is 11.6 Å². The van der Waals surface area contributed by atoms with Crippen molar-refractivity contribution in [1.29, 1.82) is 0 Å². The van der Waals surface area contributed by atoms with Crippen LogP contribution in [0, 0.1) is 25.7 Å². The molecule has 17 heteroatoms. The molecule has 4 amide bonds. The van der Waals surface area contributed by atoms with Gasteiger partial charge in [-0.15, -0.1) is 0 Å². The summed E-state index contributed by atoms with van der Waals surface area (Å²) in [4.78, 5) is 113. The van der Waals surface area contributed by atoms with Gasteiger partial charge in [-0.1, -0.05) is 195 Å². The number of unbranched alkanes of at least 4 members (excludes halogenated alkanes) is 2. The van der Waals surface area contributed by atoms with Gasteiger partial charge in [0.05, 0.1) is 23.7 Å². The zero-order valence-electron chi connectivity index (χ0n) is 48.6. The van der Waals surface area contributed by atoms with Crippen LogP contribution in [-0.4, -0.2) is 67.7 Å². The first-order chi connectivity index (χ1) is 42.2. The van der Waals surface area contributed by atoms with Crippen molar-refractivity contribution in [1.82, 2.24) is 35.1 Å². The van der Waals surface area contributed by atoms with Crippen LogP contribution < -0.4 is 43.2 Å². The minimum absolute atomic E-state index is 0.0486. The third kappa shape index (κ3) is 17.6. The Balaban J connectivity index is 0.000000169. The second-order valence-electron chi connectivity index (χ2n) is 21.2. The van der Waals surface area contributed by atoms with Gasteiger partial charge in [0.1, 0.15) is 17.6 Å². The molecule has 10 rings (SSSR count). The molecule has 87 heavy (non-hydrogen) atoms. The number of nitrogens with zero attached hydrogens (tertiary/aromatic N) is 2. The van der Waals surface area contributed by atoms with Gasteiger partial charge < -0.3 is 19.9 Å². The number of allylic oxidation sites excluding steroid dienone is 4. The quantitative estimate of drug-likeness (QED) is 0.0262. The fourth-order valence-electron chi connectivity index (χ4n) is 10.5. The number of ether oxygens (including phenoxy) is 1. The van der Waals surface area contributed by atoms with Crippen molar-refractivity contribution >= 4 is 29.4 Å². The predicted molar refractivity (Wildman–Crippen MR) is 335 cm³/mol. The predicted octanol–water partition coefficient (Wildman–Crippen LogP) is 8.32. The Morgan fingerprint density at radius 3 is 1.71 bits per heavy atom. The van der Waals surface area contributed by atoms with Gasteiger partial charge in [-0.3, -0.25) is 53.4 Å². The summed E-state index contributed by atoms with van der Waals surface area (Å²) >= 11 is 0. The number of aromatic nitrogens is 4. The van der Waals surface area contributed by atoms with Crippen molar-refractivity contribution < 1.29 is 28.7 Å². The van der Waals surface area contributed by atoms with Gasteiger partial charge in [0, 0.05) is 73.7 Å². The Morgan fingerprint density at radius 2 is 1.10 bits per heavy atom. The van der Waals surface area contributed by atoms with E-state index in [2.05, 4.69) is 25.9 Å². The molecule has 5 aromatic carbocycles. The zero-order chi connectivity index (χ0) is 61.5. The number of benzene rings is 5. The number of carbonyl (C=O) groups is 5. The Kier molecular flexibility index (Phi) is 22.8. The van der Waals surface area contributed by atoms with E-state index in [1.165, 1.54) is 21.4 Å². The highest BCUT2D eigenvalue weighted by atomic mass is 16.5. The van der Waals surface area contributed by atoms with Crippen LogP contribution in [0.25, 0.3) is 0 Å². The van der Waals surface area contributed by atoms with Crippen molar-refractivity contribution in [2.24, 2.45) is 11.8 Å². The van der Waals surface area contributed by atoms with Crippen LogP contribution in [0.5, 0.6) is 5.75 Å². The fourth-order valence-corrected chi connectivity index (χ4v) is 10.5. The number of nitrogens with one attached hydrogen (secondary N) is 5. The molecule has 2 aliphatic heterocycles. The summed E-state index contributed by atoms with van der Waals surface area (Å²) in [5, 5.41) is 8.18. The number of H-pyrrole nitrogens is 2. The molecular weight excluding hydrogens is 1100 g/mol. The van der Waals surface area contributed by atoms with Crippen LogP contribution >= 0.6 is 0 Å². The molecule has 17 nitrogen and oxygen atoms in total. The summed E-state index contributed by atoms with van der Waals surface area (Å²) in [7, 11) is 0. The van der Waals surface area contributed by atoms with Crippen LogP contribution in [0.1, 0.15) is 88.8 Å². The number of hydrogen-bond donors (Lipinski definition) is 5. The number of aryl methyl sites for hydroxylation is 3. The summed E-state index contributed by atoms with van der Waals surface area (Å²) in [6.07, 6.45) is 24.4. The SMILES string of the molecule is Cc1cn(C/C=C\CNC(=O)C(c2ccccc2)c2ccccc2)c(=O)[nH]c1=O.Cc1cn(CCCCCC(=O)C(c2ccccc2)c2ccccc2)c(=O)[nH]c1=O.O=C1C=CC(C/C=C\CNC(=O)C2c3ccccc3OC3C=CC=CC32)C(=O)N1. The number of hydrogen-bond acceptors (Lipinski definition) is 10. The van der Waals surface area contributed by atoms with Crippen molar-refractivity contribution in [3.8, 4) is 5.75 Å². The van der Waals surface area contributed by atoms with Crippen LogP contribution in [0.15, 0.2) is 238 Å². The first kappa shape index (κ1) is 62.7. The standard InChI is InChI=1S/C24H26N2O3.C23H23N3O3.C23H22N2O4/c1-18-17-26(24(29)25-23(18)28)16-10-4-9-15-21(27)22(19-11-5-2-6-12-19)20-13-7-3-8-14-20;1-17-16-26(23(29)25-21(17)27)15-9-8-14-24-22(28)20(18-10-4-2-5-11-18)19-12-6-3-7-13-19;26-20-13-12-15(22(27)25-20)7-5-6-14-24-23(28)21-16-8-1-3-10-18(16)29-19-11-4-2-9-17(19)21/h2-3,5-8,11-14,17,22H,4,9-10,15-16H2,1H3,(H,25,28,29);2-13,16,20H,14-15H2,1H3,(H,24,28)(H,25,27,29);1-6,8-13,15-16,18,21H,7,14H2,(H,24,28)(H,25,26,27)/b;9-8-;6-5-. The van der Waals surface area contributed by atoms with Gasteiger partial charge in [-0.05, 0) is 67.5 Å². The largest absolute Gasteiger partial charge is 0.485 e. The van der Waals surface area contributed by atoms with Crippen LogP contribution in [0.2, 0.25) is 0 Å². The zero-order valence-corrected chi connectivity index (χ0v) is 48.6. The lowest BCUT2D eigenvalue weighted by molar-refractivity contribution is -0.131. The van der Waals surface area contributed by atoms with Gasteiger partial charge in [0.15, 0.2) is 0 Å². The molecule has 4 heterocycles. The maximum Gasteiger partial charge on any atom is 0.328 e. The highest BCUT2D eigenvalue weighted by Gasteiger charge is 2.40. The summed E-state index contributed by atoms with van der Waals surface area (Å²) in [6, 6.07) is 46.7. The van der Waals surface area contributed by atoms with E-state index in [1.807, 2.05) is 182 Å². The number of amides is 4. The second kappa shape index (κ2) is 31.6. The van der Waals surface area contributed by atoms with Crippen molar-refractivity contribution in [2.75, 3.05) is 13.1 Å². The monoisotopic (exact) mass is 1170 g/mol. The molecule has 0 spiro atoms. The number of imide groups is 1. The van der Waals surface area contributed by atoms with Gasteiger partial charge >= 0.3 is 11.4 Å². The normalized spacial score (nSPS) is 16.4. The highest BCUT2D eigenvalue weighted by Crippen LogP contribution is 2.42. The van der Waals surface area contributed by atoms with Gasteiger partial charge in [-0.25, -0.2) is 9.59 Å². The summed E-state index contributed by atoms with van der Waals surface area (Å²) < 4.78 is 8.98. The molecule has 4 atom stereocenters. The summed E-state index contributed by atoms with van der Waals surface area (Å²) in [5.74, 6) is -1.25. The molecule has 0 saturated heterocycles. The van der Waals surface area contributed by atoms with Crippen molar-refractivity contribution in [3.63, 3.8) is 0 Å². The number of carbonyl (C=O) groups excluding carboxylic acids is 5. The molecule has 0 bridgehead atoms. The molecule has 0 fully saturated rings. The van der Waals surface area contributed by atoms with Gasteiger partial charge in [0.25, 0.3) is 11.1 Å². The molecule has 4 unspecified atom stereocenters. The molecule has 3 aliphatic rings. The lowest BCUT2D eigenvalue weighted by atomic mass is 9.77. The average molecular weight is 1170 g/mol. The number of rotatable bonds is 21. The molecular formula is C70H71N7O10. The maximum absolute atomic E-state index is 13.0.